The van der Waals surface area contributed by atoms with Crippen LogP contribution in [0.2, 0.25) is 0 Å². The van der Waals surface area contributed by atoms with Crippen LogP contribution in [0.5, 0.6) is 0 Å². The summed E-state index contributed by atoms with van der Waals surface area (Å²) in [7, 11) is 1.90. The van der Waals surface area contributed by atoms with Crippen molar-refractivity contribution in [2.75, 3.05) is 32.0 Å². The van der Waals surface area contributed by atoms with E-state index in [-0.39, 0.29) is 11.3 Å². The Balaban J connectivity index is 2.88. The quantitative estimate of drug-likeness (QED) is 0.846. The minimum absolute atomic E-state index is 0.190. The number of halogens is 3. The van der Waals surface area contributed by atoms with E-state index >= 15 is 0 Å². The molecule has 0 spiro atoms. The Labute approximate surface area is 115 Å². The number of aromatic carboxylic acids is 1. The second-order valence-electron chi connectivity index (χ2n) is 4.39. The van der Waals surface area contributed by atoms with Gasteiger partial charge < -0.3 is 15.3 Å². The summed E-state index contributed by atoms with van der Waals surface area (Å²) in [4.78, 5) is 13.0. The number of rotatable bonds is 6. The molecule has 20 heavy (non-hydrogen) atoms. The molecule has 7 heteroatoms. The third-order valence-electron chi connectivity index (χ3n) is 2.93. The summed E-state index contributed by atoms with van der Waals surface area (Å²) < 4.78 is 37.6. The van der Waals surface area contributed by atoms with Crippen LogP contribution in [0.1, 0.15) is 22.8 Å². The molecule has 0 aromatic heterocycles. The highest BCUT2D eigenvalue weighted by molar-refractivity contribution is 5.94. The van der Waals surface area contributed by atoms with Crippen LogP contribution >= 0.6 is 0 Å². The number of carbonyl (C=O) groups is 1. The topological polar surface area (TPSA) is 52.6 Å². The second-order valence-corrected chi connectivity index (χ2v) is 4.39. The van der Waals surface area contributed by atoms with Gasteiger partial charge in [0.05, 0.1) is 11.1 Å². The summed E-state index contributed by atoms with van der Waals surface area (Å²) in [5, 5.41) is 11.8. The van der Waals surface area contributed by atoms with Gasteiger partial charge in [-0.3, -0.25) is 0 Å². The van der Waals surface area contributed by atoms with Gasteiger partial charge in [-0.1, -0.05) is 6.92 Å². The molecule has 0 aliphatic rings. The normalized spacial score (nSPS) is 11.7. The van der Waals surface area contributed by atoms with E-state index in [1.807, 2.05) is 18.9 Å². The fraction of sp³-hybridized carbons (Fsp3) is 0.462. The van der Waals surface area contributed by atoms with Gasteiger partial charge in [0, 0.05) is 18.8 Å². The molecular weight excluding hydrogens is 273 g/mol. The lowest BCUT2D eigenvalue weighted by Gasteiger charge is -2.16. The molecule has 1 aromatic rings. The van der Waals surface area contributed by atoms with Gasteiger partial charge in [-0.25, -0.2) is 4.79 Å². The van der Waals surface area contributed by atoms with Gasteiger partial charge in [0.25, 0.3) is 0 Å². The zero-order valence-corrected chi connectivity index (χ0v) is 11.3. The van der Waals surface area contributed by atoms with E-state index in [2.05, 4.69) is 5.32 Å². The number of benzene rings is 1. The van der Waals surface area contributed by atoms with Crippen molar-refractivity contribution in [3.8, 4) is 0 Å². The van der Waals surface area contributed by atoms with E-state index in [4.69, 9.17) is 5.11 Å². The van der Waals surface area contributed by atoms with E-state index in [0.717, 1.165) is 18.7 Å². The molecule has 0 atom stereocenters. The fourth-order valence-electron chi connectivity index (χ4n) is 1.59. The number of nitrogens with one attached hydrogen (secondary N) is 1. The molecule has 0 fully saturated rings. The first kappa shape index (κ1) is 16.3. The summed E-state index contributed by atoms with van der Waals surface area (Å²) in [6, 6.07) is 2.67. The molecule has 0 heterocycles. The van der Waals surface area contributed by atoms with Crippen LogP contribution in [0, 0.1) is 0 Å². The summed E-state index contributed by atoms with van der Waals surface area (Å²) in [6.07, 6.45) is -4.55. The molecule has 0 radical (unpaired) electrons. The third kappa shape index (κ3) is 4.41. The van der Waals surface area contributed by atoms with Crippen molar-refractivity contribution in [2.45, 2.75) is 13.1 Å². The van der Waals surface area contributed by atoms with Crippen LogP contribution in [0.3, 0.4) is 0 Å². The molecular formula is C13H17F3N2O2. The molecule has 1 aromatic carbocycles. The first-order valence-electron chi connectivity index (χ1n) is 6.12. The van der Waals surface area contributed by atoms with Crippen molar-refractivity contribution in [1.29, 1.82) is 0 Å². The molecule has 1 rings (SSSR count). The minimum atomic E-state index is -4.55. The Hall–Kier alpha value is -1.76. The highest BCUT2D eigenvalue weighted by Gasteiger charge is 2.31. The van der Waals surface area contributed by atoms with Crippen LogP contribution in [-0.4, -0.2) is 42.7 Å². The van der Waals surface area contributed by atoms with Crippen molar-refractivity contribution in [3.05, 3.63) is 29.3 Å². The predicted molar refractivity (Wildman–Crippen MR) is 70.1 cm³/mol. The highest BCUT2D eigenvalue weighted by atomic mass is 19.4. The molecule has 0 aliphatic carbocycles. The van der Waals surface area contributed by atoms with Crippen LogP contribution in [-0.2, 0) is 6.18 Å². The van der Waals surface area contributed by atoms with Crippen LogP contribution in [0.4, 0.5) is 18.9 Å². The Bertz CT molecular complexity index is 475. The fourth-order valence-corrected chi connectivity index (χ4v) is 1.59. The van der Waals surface area contributed by atoms with Gasteiger partial charge in [-0.05, 0) is 31.8 Å². The summed E-state index contributed by atoms with van der Waals surface area (Å²) >= 11 is 0. The van der Waals surface area contributed by atoms with Gasteiger partial charge in [-0.2, -0.15) is 13.2 Å². The maximum absolute atomic E-state index is 12.5. The van der Waals surface area contributed by atoms with E-state index in [1.54, 1.807) is 0 Å². The molecule has 0 saturated heterocycles. The molecule has 112 valence electrons. The lowest BCUT2D eigenvalue weighted by Crippen LogP contribution is -2.25. The lowest BCUT2D eigenvalue weighted by molar-refractivity contribution is -0.137. The maximum atomic E-state index is 12.5. The number of hydrogen-bond acceptors (Lipinski definition) is 3. The Kier molecular flexibility index (Phi) is 5.38. The summed E-state index contributed by atoms with van der Waals surface area (Å²) in [5.74, 6) is -1.39. The number of carboxylic acids is 1. The van der Waals surface area contributed by atoms with Crippen molar-refractivity contribution in [3.63, 3.8) is 0 Å². The van der Waals surface area contributed by atoms with Crippen LogP contribution < -0.4 is 5.32 Å². The van der Waals surface area contributed by atoms with E-state index in [0.29, 0.717) is 19.2 Å². The molecule has 0 bridgehead atoms. The van der Waals surface area contributed by atoms with Crippen LogP contribution in [0.25, 0.3) is 0 Å². The number of nitrogens with zero attached hydrogens (tertiary/aromatic N) is 1. The average Bonchev–Trinajstić information content (AvgIpc) is 2.37. The largest absolute Gasteiger partial charge is 0.478 e. The standard InChI is InChI=1S/C13H17F3N2O2/c1-3-18(2)7-6-17-11-5-4-9(13(14,15)16)8-10(11)12(19)20/h4-5,8,17H,3,6-7H2,1-2H3,(H,19,20). The average molecular weight is 290 g/mol. The van der Waals surface area contributed by atoms with E-state index in [1.165, 1.54) is 0 Å². The molecule has 0 aliphatic heterocycles. The van der Waals surface area contributed by atoms with Crippen molar-refractivity contribution >= 4 is 11.7 Å². The minimum Gasteiger partial charge on any atom is -0.478 e. The van der Waals surface area contributed by atoms with Crippen molar-refractivity contribution in [1.82, 2.24) is 4.90 Å². The number of alkyl halides is 3. The third-order valence-corrected chi connectivity index (χ3v) is 2.93. The summed E-state index contributed by atoms with van der Waals surface area (Å²) in [6.45, 7) is 3.92. The van der Waals surface area contributed by atoms with Gasteiger partial charge in [0.2, 0.25) is 0 Å². The monoisotopic (exact) mass is 290 g/mol. The molecule has 0 unspecified atom stereocenters. The first-order valence-corrected chi connectivity index (χ1v) is 6.12. The molecule has 4 nitrogen and oxygen atoms in total. The first-order chi connectivity index (χ1) is 9.25. The number of likely N-dealkylation sites (N-methyl/N-ethyl adjacent to an activating group) is 1. The smallest absolute Gasteiger partial charge is 0.416 e. The molecule has 0 saturated carbocycles. The van der Waals surface area contributed by atoms with Crippen molar-refractivity contribution in [2.24, 2.45) is 0 Å². The molecule has 2 N–H and O–H groups in total. The van der Waals surface area contributed by atoms with E-state index < -0.39 is 17.7 Å². The van der Waals surface area contributed by atoms with Crippen LogP contribution in [0.15, 0.2) is 18.2 Å². The van der Waals surface area contributed by atoms with E-state index in [9.17, 15) is 18.0 Å². The van der Waals surface area contributed by atoms with Crippen molar-refractivity contribution < 1.29 is 23.1 Å². The van der Waals surface area contributed by atoms with Gasteiger partial charge in [0.1, 0.15) is 0 Å². The Morgan fingerprint density at radius 2 is 2.05 bits per heavy atom. The number of carboxylic acid groups (broad SMARTS) is 1. The number of hydrogen-bond donors (Lipinski definition) is 2. The SMILES string of the molecule is CCN(C)CCNc1ccc(C(F)(F)F)cc1C(=O)O. The Morgan fingerprint density at radius 3 is 2.55 bits per heavy atom. The van der Waals surface area contributed by atoms with Gasteiger partial charge in [0.15, 0.2) is 0 Å². The van der Waals surface area contributed by atoms with Gasteiger partial charge >= 0.3 is 12.1 Å². The number of anilines is 1. The predicted octanol–water partition coefficient (Wildman–Crippen LogP) is 2.77. The molecule has 0 amide bonds. The highest BCUT2D eigenvalue weighted by Crippen LogP contribution is 2.31. The summed E-state index contributed by atoms with van der Waals surface area (Å²) in [5.41, 5.74) is -1.15. The Morgan fingerprint density at radius 1 is 1.40 bits per heavy atom. The second kappa shape index (κ2) is 6.60. The van der Waals surface area contributed by atoms with Gasteiger partial charge in [-0.15, -0.1) is 0 Å². The zero-order valence-electron chi connectivity index (χ0n) is 11.3. The zero-order chi connectivity index (χ0) is 15.3. The lowest BCUT2D eigenvalue weighted by atomic mass is 10.1. The maximum Gasteiger partial charge on any atom is 0.416 e.